The van der Waals surface area contributed by atoms with E-state index in [9.17, 15) is 9.59 Å². The van der Waals surface area contributed by atoms with E-state index < -0.39 is 5.97 Å². The summed E-state index contributed by atoms with van der Waals surface area (Å²) in [7, 11) is 0. The number of hydrogen-bond donors (Lipinski definition) is 1. The summed E-state index contributed by atoms with van der Waals surface area (Å²) >= 11 is 1.34. The first-order valence-electron chi connectivity index (χ1n) is 7.66. The quantitative estimate of drug-likeness (QED) is 0.618. The molecule has 2 rings (SSSR count). The number of esters is 1. The minimum absolute atomic E-state index is 0.292. The number of amides is 1. The predicted molar refractivity (Wildman–Crippen MR) is 93.8 cm³/mol. The highest BCUT2D eigenvalue weighted by molar-refractivity contribution is 7.13. The van der Waals surface area contributed by atoms with Gasteiger partial charge in [-0.25, -0.2) is 4.79 Å². The maximum absolute atomic E-state index is 11.7. The summed E-state index contributed by atoms with van der Waals surface area (Å²) in [6, 6.07) is 9.47. The SMILES string of the molecule is Cc1ccc(OCCNC(=O)COC(=O)c2ccc(C)s2)c(C)c1. The maximum atomic E-state index is 11.7. The minimum Gasteiger partial charge on any atom is -0.491 e. The summed E-state index contributed by atoms with van der Waals surface area (Å²) in [6.45, 7) is 6.32. The second kappa shape index (κ2) is 8.49. The van der Waals surface area contributed by atoms with E-state index >= 15 is 0 Å². The van der Waals surface area contributed by atoms with Crippen molar-refractivity contribution in [3.05, 3.63) is 51.2 Å². The Labute approximate surface area is 145 Å². The number of aryl methyl sites for hydroxylation is 3. The number of thiophene rings is 1. The molecule has 0 radical (unpaired) electrons. The van der Waals surface area contributed by atoms with Crippen LogP contribution in [-0.4, -0.2) is 31.6 Å². The predicted octanol–water partition coefficient (Wildman–Crippen LogP) is 3.03. The van der Waals surface area contributed by atoms with Crippen LogP contribution in [0.5, 0.6) is 5.75 Å². The molecule has 1 heterocycles. The first-order chi connectivity index (χ1) is 11.5. The lowest BCUT2D eigenvalue weighted by atomic mass is 10.1. The van der Waals surface area contributed by atoms with E-state index in [4.69, 9.17) is 9.47 Å². The van der Waals surface area contributed by atoms with Crippen LogP contribution in [0.25, 0.3) is 0 Å². The van der Waals surface area contributed by atoms with Gasteiger partial charge in [-0.05, 0) is 44.5 Å². The lowest BCUT2D eigenvalue weighted by molar-refractivity contribution is -0.124. The van der Waals surface area contributed by atoms with Crippen molar-refractivity contribution < 1.29 is 19.1 Å². The number of carbonyl (C=O) groups is 2. The van der Waals surface area contributed by atoms with Crippen molar-refractivity contribution in [2.24, 2.45) is 0 Å². The standard InChI is InChI=1S/C18H21NO4S/c1-12-4-6-15(13(2)10-12)22-9-8-19-17(20)11-23-18(21)16-7-5-14(3)24-16/h4-7,10H,8-9,11H2,1-3H3,(H,19,20). The molecular formula is C18H21NO4S. The number of nitrogens with one attached hydrogen (secondary N) is 1. The Bertz CT molecular complexity index is 724. The lowest BCUT2D eigenvalue weighted by Crippen LogP contribution is -2.32. The molecule has 1 aromatic heterocycles. The molecule has 6 heteroatoms. The first-order valence-corrected chi connectivity index (χ1v) is 8.47. The Kier molecular flexibility index (Phi) is 6.37. The van der Waals surface area contributed by atoms with Crippen LogP contribution < -0.4 is 10.1 Å². The lowest BCUT2D eigenvalue weighted by Gasteiger charge is -2.10. The molecule has 1 aromatic carbocycles. The van der Waals surface area contributed by atoms with Crippen molar-refractivity contribution in [2.45, 2.75) is 20.8 Å². The number of ether oxygens (including phenoxy) is 2. The third-order valence-corrected chi connectivity index (χ3v) is 4.27. The third kappa shape index (κ3) is 5.38. The number of rotatable bonds is 7. The Hall–Kier alpha value is -2.34. The Balaban J connectivity index is 1.65. The third-order valence-electron chi connectivity index (χ3n) is 3.29. The van der Waals surface area contributed by atoms with Crippen molar-refractivity contribution >= 4 is 23.2 Å². The Morgan fingerprint density at radius 3 is 2.58 bits per heavy atom. The molecule has 0 bridgehead atoms. The highest BCUT2D eigenvalue weighted by Crippen LogP contribution is 2.18. The molecule has 2 aromatic rings. The van der Waals surface area contributed by atoms with Crippen molar-refractivity contribution in [2.75, 3.05) is 19.8 Å². The van der Waals surface area contributed by atoms with Gasteiger partial charge in [-0.15, -0.1) is 11.3 Å². The molecule has 1 N–H and O–H groups in total. The highest BCUT2D eigenvalue weighted by Gasteiger charge is 2.11. The van der Waals surface area contributed by atoms with Gasteiger partial charge in [0.05, 0.1) is 6.54 Å². The average Bonchev–Trinajstić information content (AvgIpc) is 2.97. The molecule has 0 saturated heterocycles. The van der Waals surface area contributed by atoms with E-state index in [1.54, 1.807) is 6.07 Å². The highest BCUT2D eigenvalue weighted by atomic mass is 32.1. The normalized spacial score (nSPS) is 10.3. The smallest absolute Gasteiger partial charge is 0.348 e. The minimum atomic E-state index is -0.477. The van der Waals surface area contributed by atoms with E-state index in [2.05, 4.69) is 5.32 Å². The van der Waals surface area contributed by atoms with Crippen LogP contribution in [0.15, 0.2) is 30.3 Å². The van der Waals surface area contributed by atoms with Crippen LogP contribution in [0.4, 0.5) is 0 Å². The average molecular weight is 347 g/mol. The van der Waals surface area contributed by atoms with Crippen molar-refractivity contribution in [1.29, 1.82) is 0 Å². The number of benzene rings is 1. The molecule has 0 unspecified atom stereocenters. The van der Waals surface area contributed by atoms with E-state index in [0.717, 1.165) is 16.2 Å². The number of hydrogen-bond acceptors (Lipinski definition) is 5. The molecule has 0 aliphatic carbocycles. The zero-order chi connectivity index (χ0) is 17.5. The van der Waals surface area contributed by atoms with Crippen LogP contribution in [0.3, 0.4) is 0 Å². The van der Waals surface area contributed by atoms with Gasteiger partial charge in [0.1, 0.15) is 17.2 Å². The Morgan fingerprint density at radius 2 is 1.92 bits per heavy atom. The van der Waals surface area contributed by atoms with Crippen LogP contribution in [0, 0.1) is 20.8 Å². The van der Waals surface area contributed by atoms with Gasteiger partial charge in [-0.1, -0.05) is 17.7 Å². The summed E-state index contributed by atoms with van der Waals surface area (Å²) in [5, 5.41) is 2.66. The largest absolute Gasteiger partial charge is 0.491 e. The van der Waals surface area contributed by atoms with Crippen LogP contribution in [-0.2, 0) is 9.53 Å². The molecule has 0 fully saturated rings. The van der Waals surface area contributed by atoms with Crippen molar-refractivity contribution in [3.63, 3.8) is 0 Å². The fraction of sp³-hybridized carbons (Fsp3) is 0.333. The maximum Gasteiger partial charge on any atom is 0.348 e. The summed E-state index contributed by atoms with van der Waals surface area (Å²) in [5.74, 6) is -0.0232. The summed E-state index contributed by atoms with van der Waals surface area (Å²) < 4.78 is 10.6. The van der Waals surface area contributed by atoms with Crippen molar-refractivity contribution in [1.82, 2.24) is 5.32 Å². The number of carbonyl (C=O) groups excluding carboxylic acids is 2. The molecule has 1 amide bonds. The van der Waals surface area contributed by atoms with Gasteiger partial charge in [-0.2, -0.15) is 0 Å². The molecule has 0 spiro atoms. The summed E-state index contributed by atoms with van der Waals surface area (Å²) in [6.07, 6.45) is 0. The molecule has 0 saturated carbocycles. The fourth-order valence-corrected chi connectivity index (χ4v) is 2.87. The van der Waals surface area contributed by atoms with E-state index in [1.807, 2.05) is 45.0 Å². The summed E-state index contributed by atoms with van der Waals surface area (Å²) in [5.41, 5.74) is 2.23. The summed E-state index contributed by atoms with van der Waals surface area (Å²) in [4.78, 5) is 24.9. The second-order valence-corrected chi connectivity index (χ2v) is 6.74. The van der Waals surface area contributed by atoms with Crippen LogP contribution in [0.2, 0.25) is 0 Å². The van der Waals surface area contributed by atoms with E-state index in [1.165, 1.54) is 16.9 Å². The second-order valence-electron chi connectivity index (χ2n) is 5.45. The molecule has 5 nitrogen and oxygen atoms in total. The van der Waals surface area contributed by atoms with Crippen LogP contribution >= 0.6 is 11.3 Å². The molecule has 0 aliphatic rings. The van der Waals surface area contributed by atoms with Gasteiger partial charge in [0, 0.05) is 4.88 Å². The zero-order valence-electron chi connectivity index (χ0n) is 14.0. The Morgan fingerprint density at radius 1 is 1.12 bits per heavy atom. The topological polar surface area (TPSA) is 64.6 Å². The molecular weight excluding hydrogens is 326 g/mol. The molecule has 0 atom stereocenters. The molecule has 128 valence electrons. The molecule has 0 aliphatic heterocycles. The molecule has 24 heavy (non-hydrogen) atoms. The van der Waals surface area contributed by atoms with Crippen LogP contribution in [0.1, 0.15) is 25.7 Å². The zero-order valence-corrected chi connectivity index (χ0v) is 14.9. The van der Waals surface area contributed by atoms with Gasteiger partial charge in [0.15, 0.2) is 6.61 Å². The first kappa shape index (κ1) is 18.0. The van der Waals surface area contributed by atoms with Gasteiger partial charge >= 0.3 is 5.97 Å². The van der Waals surface area contributed by atoms with Gasteiger partial charge in [-0.3, -0.25) is 4.79 Å². The van der Waals surface area contributed by atoms with Gasteiger partial charge in [0.25, 0.3) is 5.91 Å². The monoisotopic (exact) mass is 347 g/mol. The van der Waals surface area contributed by atoms with Gasteiger partial charge in [0.2, 0.25) is 0 Å². The van der Waals surface area contributed by atoms with Gasteiger partial charge < -0.3 is 14.8 Å². The fourth-order valence-electron chi connectivity index (χ4n) is 2.11. The van der Waals surface area contributed by atoms with E-state index in [-0.39, 0.29) is 12.5 Å². The van der Waals surface area contributed by atoms with Crippen molar-refractivity contribution in [3.8, 4) is 5.75 Å². The van der Waals surface area contributed by atoms with E-state index in [0.29, 0.717) is 18.0 Å².